The minimum Gasteiger partial charge on any atom is -0.296 e. The molecule has 1 amide bonds. The molecular formula is C21H15ClN4O2S. The first-order valence-corrected chi connectivity index (χ1v) is 9.90. The first-order chi connectivity index (χ1) is 14.0. The van der Waals surface area contributed by atoms with Crippen LogP contribution in [0.4, 0.5) is 5.13 Å². The van der Waals surface area contributed by atoms with Gasteiger partial charge < -0.3 is 0 Å². The number of nitrogens with zero attached hydrogens (tertiary/aromatic N) is 3. The third-order valence-corrected chi connectivity index (χ3v) is 5.42. The van der Waals surface area contributed by atoms with Gasteiger partial charge in [0.2, 0.25) is 0 Å². The lowest BCUT2D eigenvalue weighted by atomic mass is 10.1. The number of ketones is 1. The van der Waals surface area contributed by atoms with E-state index in [4.69, 9.17) is 11.6 Å². The number of hydrogen-bond acceptors (Lipinski definition) is 5. The van der Waals surface area contributed by atoms with Gasteiger partial charge in [-0.2, -0.15) is 5.10 Å². The number of rotatable bonds is 5. The molecule has 2 heterocycles. The lowest BCUT2D eigenvalue weighted by Gasteiger charge is -2.06. The summed E-state index contributed by atoms with van der Waals surface area (Å²) in [6, 6.07) is 18.3. The molecule has 0 saturated heterocycles. The lowest BCUT2D eigenvalue weighted by molar-refractivity contribution is 0.101. The highest BCUT2D eigenvalue weighted by Crippen LogP contribution is 2.25. The molecule has 0 aliphatic heterocycles. The van der Waals surface area contributed by atoms with Crippen molar-refractivity contribution >= 4 is 39.8 Å². The highest BCUT2D eigenvalue weighted by Gasteiger charge is 2.19. The van der Waals surface area contributed by atoms with Crippen LogP contribution < -0.4 is 5.32 Å². The number of halogens is 1. The van der Waals surface area contributed by atoms with Gasteiger partial charge in [-0.15, -0.1) is 0 Å². The molecule has 8 heteroatoms. The third kappa shape index (κ3) is 4.11. The zero-order chi connectivity index (χ0) is 20.4. The average Bonchev–Trinajstić information content (AvgIpc) is 3.37. The van der Waals surface area contributed by atoms with Gasteiger partial charge in [0.15, 0.2) is 10.9 Å². The summed E-state index contributed by atoms with van der Waals surface area (Å²) < 4.78 is 1.58. The molecule has 144 valence electrons. The van der Waals surface area contributed by atoms with E-state index < -0.39 is 0 Å². The number of benzene rings is 2. The molecule has 29 heavy (non-hydrogen) atoms. The smallest absolute Gasteiger partial charge is 0.276 e. The van der Waals surface area contributed by atoms with Crippen molar-refractivity contribution in [2.45, 2.75) is 6.92 Å². The Balaban J connectivity index is 1.72. The summed E-state index contributed by atoms with van der Waals surface area (Å²) >= 11 is 7.11. The first-order valence-electron chi connectivity index (χ1n) is 8.71. The number of carbonyl (C=O) groups is 2. The number of para-hydroxylation sites is 1. The standard InChI is InChI=1S/C21H15ClN4O2S/c1-13(27)19-12-23-21(29-19)24-20(28)18-11-17(14-7-9-15(22)10-8-14)25-26(18)16-5-3-2-4-6-16/h2-12H,1H3,(H,23,24,28). The summed E-state index contributed by atoms with van der Waals surface area (Å²) in [7, 11) is 0. The van der Waals surface area contributed by atoms with E-state index in [1.807, 2.05) is 42.5 Å². The maximum atomic E-state index is 13.0. The van der Waals surface area contributed by atoms with Gasteiger partial charge in [-0.3, -0.25) is 14.9 Å². The van der Waals surface area contributed by atoms with Crippen molar-refractivity contribution in [1.29, 1.82) is 0 Å². The largest absolute Gasteiger partial charge is 0.296 e. The van der Waals surface area contributed by atoms with Crippen LogP contribution in [-0.4, -0.2) is 26.5 Å². The summed E-state index contributed by atoms with van der Waals surface area (Å²) in [6.07, 6.45) is 1.45. The number of Topliss-reactive ketones (excluding diaryl/α,β-unsaturated/α-hetero) is 1. The van der Waals surface area contributed by atoms with Gasteiger partial charge in [0.25, 0.3) is 5.91 Å². The third-order valence-electron chi connectivity index (χ3n) is 4.16. The maximum absolute atomic E-state index is 13.0. The normalized spacial score (nSPS) is 10.7. The Morgan fingerprint density at radius 3 is 2.45 bits per heavy atom. The fourth-order valence-corrected chi connectivity index (χ4v) is 3.56. The van der Waals surface area contributed by atoms with Crippen molar-refractivity contribution in [1.82, 2.24) is 14.8 Å². The molecule has 0 saturated carbocycles. The summed E-state index contributed by atoms with van der Waals surface area (Å²) in [6.45, 7) is 1.46. The van der Waals surface area contributed by atoms with E-state index in [0.717, 1.165) is 22.6 Å². The van der Waals surface area contributed by atoms with E-state index in [2.05, 4.69) is 15.4 Å². The molecule has 0 bridgehead atoms. The van der Waals surface area contributed by atoms with Gasteiger partial charge in [-0.25, -0.2) is 9.67 Å². The number of aromatic nitrogens is 3. The number of carbonyl (C=O) groups excluding carboxylic acids is 2. The monoisotopic (exact) mass is 422 g/mol. The Labute approximate surface area is 175 Å². The second-order valence-electron chi connectivity index (χ2n) is 6.21. The van der Waals surface area contributed by atoms with Crippen LogP contribution in [-0.2, 0) is 0 Å². The first kappa shape index (κ1) is 19.0. The van der Waals surface area contributed by atoms with Gasteiger partial charge in [-0.1, -0.05) is 53.3 Å². The molecule has 0 spiro atoms. The lowest BCUT2D eigenvalue weighted by Crippen LogP contribution is -2.16. The fourth-order valence-electron chi connectivity index (χ4n) is 2.73. The fraction of sp³-hybridized carbons (Fsp3) is 0.0476. The Bertz CT molecular complexity index is 1180. The van der Waals surface area contributed by atoms with Crippen molar-refractivity contribution < 1.29 is 9.59 Å². The number of hydrogen-bond donors (Lipinski definition) is 1. The summed E-state index contributed by atoms with van der Waals surface area (Å²) in [5.41, 5.74) is 2.58. The molecule has 0 unspecified atom stereocenters. The molecule has 0 aliphatic rings. The van der Waals surface area contributed by atoms with Gasteiger partial charge in [0.05, 0.1) is 22.5 Å². The van der Waals surface area contributed by atoms with Crippen LogP contribution in [0.25, 0.3) is 16.9 Å². The highest BCUT2D eigenvalue weighted by atomic mass is 35.5. The maximum Gasteiger partial charge on any atom is 0.276 e. The van der Waals surface area contributed by atoms with Crippen LogP contribution in [0.2, 0.25) is 5.02 Å². The molecule has 0 aliphatic carbocycles. The second kappa shape index (κ2) is 7.98. The van der Waals surface area contributed by atoms with Gasteiger partial charge in [0, 0.05) is 17.5 Å². The van der Waals surface area contributed by atoms with E-state index in [0.29, 0.717) is 26.4 Å². The minimum atomic E-state index is -0.369. The van der Waals surface area contributed by atoms with Crippen LogP contribution in [0, 0.1) is 0 Å². The highest BCUT2D eigenvalue weighted by molar-refractivity contribution is 7.17. The minimum absolute atomic E-state index is 0.0950. The molecule has 2 aromatic carbocycles. The summed E-state index contributed by atoms with van der Waals surface area (Å²) in [4.78, 5) is 29.0. The van der Waals surface area contributed by atoms with Crippen molar-refractivity contribution in [3.8, 4) is 16.9 Å². The van der Waals surface area contributed by atoms with Gasteiger partial charge >= 0.3 is 0 Å². The van der Waals surface area contributed by atoms with Crippen molar-refractivity contribution in [2.75, 3.05) is 5.32 Å². The average molecular weight is 423 g/mol. The van der Waals surface area contributed by atoms with Crippen LogP contribution in [0.3, 0.4) is 0 Å². The van der Waals surface area contributed by atoms with E-state index in [-0.39, 0.29) is 11.7 Å². The van der Waals surface area contributed by atoms with Crippen molar-refractivity contribution in [3.63, 3.8) is 0 Å². The number of thiazole rings is 1. The number of anilines is 1. The van der Waals surface area contributed by atoms with E-state index >= 15 is 0 Å². The Morgan fingerprint density at radius 1 is 1.07 bits per heavy atom. The summed E-state index contributed by atoms with van der Waals surface area (Å²) in [5.74, 6) is -0.464. The zero-order valence-corrected chi connectivity index (χ0v) is 16.9. The number of nitrogens with one attached hydrogen (secondary N) is 1. The molecule has 4 aromatic rings. The predicted molar refractivity (Wildman–Crippen MR) is 114 cm³/mol. The van der Waals surface area contributed by atoms with E-state index in [9.17, 15) is 9.59 Å². The van der Waals surface area contributed by atoms with Crippen LogP contribution in [0.15, 0.2) is 66.9 Å². The van der Waals surface area contributed by atoms with Crippen molar-refractivity contribution in [3.05, 3.63) is 82.5 Å². The van der Waals surface area contributed by atoms with Gasteiger partial charge in [-0.05, 0) is 30.3 Å². The van der Waals surface area contributed by atoms with Crippen molar-refractivity contribution in [2.24, 2.45) is 0 Å². The quantitative estimate of drug-likeness (QED) is 0.454. The topological polar surface area (TPSA) is 76.9 Å². The Hall–Kier alpha value is -3.29. The summed E-state index contributed by atoms with van der Waals surface area (Å²) in [5, 5.41) is 8.35. The molecule has 4 rings (SSSR count). The number of amides is 1. The molecule has 0 radical (unpaired) electrons. The Morgan fingerprint density at radius 2 is 1.79 bits per heavy atom. The zero-order valence-electron chi connectivity index (χ0n) is 15.3. The molecule has 6 nitrogen and oxygen atoms in total. The van der Waals surface area contributed by atoms with Crippen LogP contribution in [0.1, 0.15) is 27.1 Å². The predicted octanol–water partition coefficient (Wildman–Crippen LogP) is 5.10. The SMILES string of the molecule is CC(=O)c1cnc(NC(=O)c2cc(-c3ccc(Cl)cc3)nn2-c2ccccc2)s1. The second-order valence-corrected chi connectivity index (χ2v) is 7.68. The molecule has 0 fully saturated rings. The Kier molecular flexibility index (Phi) is 5.24. The molecule has 1 N–H and O–H groups in total. The van der Waals surface area contributed by atoms with E-state index in [1.165, 1.54) is 13.1 Å². The molecule has 0 atom stereocenters. The van der Waals surface area contributed by atoms with Crippen LogP contribution >= 0.6 is 22.9 Å². The molecular weight excluding hydrogens is 408 g/mol. The van der Waals surface area contributed by atoms with E-state index in [1.54, 1.807) is 22.9 Å². The molecule has 2 aromatic heterocycles. The van der Waals surface area contributed by atoms with Crippen LogP contribution in [0.5, 0.6) is 0 Å². The van der Waals surface area contributed by atoms with Gasteiger partial charge in [0.1, 0.15) is 5.69 Å².